The molecule has 1 amide bonds. The van der Waals surface area contributed by atoms with Gasteiger partial charge in [0.15, 0.2) is 5.96 Å². The summed E-state index contributed by atoms with van der Waals surface area (Å²) < 4.78 is 0. The van der Waals surface area contributed by atoms with Crippen LogP contribution in [-0.2, 0) is 11.2 Å². The zero-order valence-electron chi connectivity index (χ0n) is 16.2. The van der Waals surface area contributed by atoms with Crippen LogP contribution < -0.4 is 16.0 Å². The van der Waals surface area contributed by atoms with Gasteiger partial charge < -0.3 is 16.0 Å². The summed E-state index contributed by atoms with van der Waals surface area (Å²) in [5.41, 5.74) is 2.49. The summed E-state index contributed by atoms with van der Waals surface area (Å²) in [6.45, 7) is 6.42. The second-order valence-corrected chi connectivity index (χ2v) is 6.47. The molecule has 1 unspecified atom stereocenters. The molecule has 27 heavy (non-hydrogen) atoms. The van der Waals surface area contributed by atoms with Crippen molar-refractivity contribution in [3.8, 4) is 0 Å². The molecule has 144 valence electrons. The average molecular weight is 367 g/mol. The first-order chi connectivity index (χ1) is 13.2. The molecular formula is C22H30N4O. The van der Waals surface area contributed by atoms with E-state index in [0.29, 0.717) is 18.4 Å². The van der Waals surface area contributed by atoms with E-state index in [-0.39, 0.29) is 12.5 Å². The number of nitrogens with one attached hydrogen (secondary N) is 3. The normalized spacial score (nSPS) is 12.3. The molecule has 3 N–H and O–H groups in total. The quantitative estimate of drug-likeness (QED) is 0.472. The van der Waals surface area contributed by atoms with Gasteiger partial charge in [0.25, 0.3) is 0 Å². The Morgan fingerprint density at radius 1 is 0.963 bits per heavy atom. The number of guanidine groups is 1. The number of rotatable bonds is 9. The Morgan fingerprint density at radius 3 is 2.30 bits per heavy atom. The zero-order chi connectivity index (χ0) is 19.3. The predicted octanol–water partition coefficient (Wildman–Crippen LogP) is 2.70. The third kappa shape index (κ3) is 7.94. The van der Waals surface area contributed by atoms with Crippen LogP contribution in [0.2, 0.25) is 0 Å². The van der Waals surface area contributed by atoms with Crippen molar-refractivity contribution in [3.05, 3.63) is 71.8 Å². The Balaban J connectivity index is 1.75. The van der Waals surface area contributed by atoms with E-state index in [1.54, 1.807) is 0 Å². The number of hydrogen-bond acceptors (Lipinski definition) is 2. The van der Waals surface area contributed by atoms with Crippen LogP contribution in [0, 0.1) is 0 Å². The molecule has 0 heterocycles. The molecule has 0 bridgehead atoms. The number of carbonyl (C=O) groups is 1. The molecule has 0 aliphatic heterocycles. The van der Waals surface area contributed by atoms with E-state index in [1.807, 2.05) is 43.3 Å². The lowest BCUT2D eigenvalue weighted by atomic mass is 10.0. The maximum atomic E-state index is 12.0. The van der Waals surface area contributed by atoms with Gasteiger partial charge in [-0.05, 0) is 30.4 Å². The predicted molar refractivity (Wildman–Crippen MR) is 112 cm³/mol. The van der Waals surface area contributed by atoms with Crippen LogP contribution in [0.3, 0.4) is 0 Å². The Hall–Kier alpha value is -2.82. The van der Waals surface area contributed by atoms with Crippen molar-refractivity contribution in [2.45, 2.75) is 26.2 Å². The molecular weight excluding hydrogens is 336 g/mol. The molecule has 0 spiro atoms. The lowest BCUT2D eigenvalue weighted by Crippen LogP contribution is -2.40. The number of benzene rings is 2. The smallest absolute Gasteiger partial charge is 0.241 e. The Kier molecular flexibility index (Phi) is 8.90. The summed E-state index contributed by atoms with van der Waals surface area (Å²) >= 11 is 0. The van der Waals surface area contributed by atoms with E-state index in [4.69, 9.17) is 0 Å². The van der Waals surface area contributed by atoms with Crippen molar-refractivity contribution >= 4 is 11.9 Å². The summed E-state index contributed by atoms with van der Waals surface area (Å²) in [7, 11) is 0. The number of carbonyl (C=O) groups excluding carboxylic acids is 1. The number of nitrogens with zero attached hydrogens (tertiary/aromatic N) is 1. The third-order valence-electron chi connectivity index (χ3n) is 4.25. The second kappa shape index (κ2) is 11.7. The molecule has 0 saturated carbocycles. The van der Waals surface area contributed by atoms with Crippen molar-refractivity contribution in [1.29, 1.82) is 0 Å². The van der Waals surface area contributed by atoms with Crippen molar-refractivity contribution in [1.82, 2.24) is 16.0 Å². The minimum Gasteiger partial charge on any atom is -0.357 e. The first-order valence-corrected chi connectivity index (χ1v) is 9.56. The Labute approximate surface area is 162 Å². The van der Waals surface area contributed by atoms with Crippen molar-refractivity contribution < 1.29 is 4.79 Å². The molecule has 0 aromatic heterocycles. The van der Waals surface area contributed by atoms with Gasteiger partial charge in [0.2, 0.25) is 5.91 Å². The van der Waals surface area contributed by atoms with Crippen molar-refractivity contribution in [3.63, 3.8) is 0 Å². The first kappa shape index (κ1) is 20.5. The summed E-state index contributed by atoms with van der Waals surface area (Å²) in [5, 5.41) is 9.42. The van der Waals surface area contributed by atoms with Crippen LogP contribution in [-0.4, -0.2) is 38.0 Å². The molecule has 0 aliphatic rings. The zero-order valence-corrected chi connectivity index (χ0v) is 16.2. The molecule has 2 aromatic carbocycles. The van der Waals surface area contributed by atoms with Gasteiger partial charge in [-0.25, -0.2) is 4.99 Å². The van der Waals surface area contributed by atoms with Gasteiger partial charge in [-0.1, -0.05) is 67.6 Å². The monoisotopic (exact) mass is 366 g/mol. The highest BCUT2D eigenvalue weighted by Crippen LogP contribution is 2.12. The largest absolute Gasteiger partial charge is 0.357 e. The lowest BCUT2D eigenvalue weighted by molar-refractivity contribution is -0.119. The average Bonchev–Trinajstić information content (AvgIpc) is 2.71. The maximum absolute atomic E-state index is 12.0. The van der Waals surface area contributed by atoms with E-state index in [0.717, 1.165) is 19.5 Å². The van der Waals surface area contributed by atoms with Crippen molar-refractivity contribution in [2.75, 3.05) is 26.2 Å². The van der Waals surface area contributed by atoms with Crippen LogP contribution in [0.15, 0.2) is 65.7 Å². The van der Waals surface area contributed by atoms with E-state index < -0.39 is 0 Å². The standard InChI is InChI=1S/C22H30N4O/c1-3-23-22(25-16-18(2)20-12-8-5-9-13-20)26-17-21(27)24-15-14-19-10-6-4-7-11-19/h4-13,18H,3,14-17H2,1-2H3,(H,24,27)(H2,23,25,26). The molecule has 2 aromatic rings. The van der Waals surface area contributed by atoms with Crippen LogP contribution in [0.1, 0.15) is 30.9 Å². The minimum atomic E-state index is -0.0701. The number of aliphatic imine (C=N–C) groups is 1. The van der Waals surface area contributed by atoms with Gasteiger partial charge in [-0.3, -0.25) is 4.79 Å². The second-order valence-electron chi connectivity index (χ2n) is 6.47. The van der Waals surface area contributed by atoms with E-state index in [1.165, 1.54) is 11.1 Å². The molecule has 5 nitrogen and oxygen atoms in total. The molecule has 0 fully saturated rings. The summed E-state index contributed by atoms with van der Waals surface area (Å²) in [4.78, 5) is 16.4. The van der Waals surface area contributed by atoms with Crippen LogP contribution in [0.5, 0.6) is 0 Å². The molecule has 0 saturated heterocycles. The number of amides is 1. The lowest BCUT2D eigenvalue weighted by Gasteiger charge is -2.16. The van der Waals surface area contributed by atoms with E-state index in [2.05, 4.69) is 52.1 Å². The Bertz CT molecular complexity index is 701. The fourth-order valence-corrected chi connectivity index (χ4v) is 2.69. The fraction of sp³-hybridized carbons (Fsp3) is 0.364. The van der Waals surface area contributed by atoms with E-state index in [9.17, 15) is 4.79 Å². The summed E-state index contributed by atoms with van der Waals surface area (Å²) in [6, 6.07) is 20.5. The highest BCUT2D eigenvalue weighted by atomic mass is 16.1. The van der Waals surface area contributed by atoms with Gasteiger partial charge >= 0.3 is 0 Å². The SMILES string of the molecule is CCNC(=NCC(=O)NCCc1ccccc1)NCC(C)c1ccccc1. The third-order valence-corrected chi connectivity index (χ3v) is 4.25. The van der Waals surface area contributed by atoms with Crippen LogP contribution >= 0.6 is 0 Å². The van der Waals surface area contributed by atoms with Gasteiger partial charge in [0, 0.05) is 19.6 Å². The van der Waals surface area contributed by atoms with Crippen LogP contribution in [0.4, 0.5) is 0 Å². The van der Waals surface area contributed by atoms with E-state index >= 15 is 0 Å². The van der Waals surface area contributed by atoms with Gasteiger partial charge in [0.05, 0.1) is 0 Å². The van der Waals surface area contributed by atoms with Crippen molar-refractivity contribution in [2.24, 2.45) is 4.99 Å². The van der Waals surface area contributed by atoms with Gasteiger partial charge in [0.1, 0.15) is 6.54 Å². The summed E-state index contributed by atoms with van der Waals surface area (Å²) in [5.74, 6) is 0.951. The summed E-state index contributed by atoms with van der Waals surface area (Å²) in [6.07, 6.45) is 0.823. The molecule has 0 radical (unpaired) electrons. The Morgan fingerprint density at radius 2 is 1.63 bits per heavy atom. The van der Waals surface area contributed by atoms with Gasteiger partial charge in [-0.15, -0.1) is 0 Å². The van der Waals surface area contributed by atoms with Gasteiger partial charge in [-0.2, -0.15) is 0 Å². The topological polar surface area (TPSA) is 65.5 Å². The molecule has 1 atom stereocenters. The molecule has 0 aliphatic carbocycles. The maximum Gasteiger partial charge on any atom is 0.241 e. The fourth-order valence-electron chi connectivity index (χ4n) is 2.69. The highest BCUT2D eigenvalue weighted by Gasteiger charge is 2.07. The molecule has 2 rings (SSSR count). The molecule has 5 heteroatoms. The highest BCUT2D eigenvalue weighted by molar-refractivity contribution is 5.84. The first-order valence-electron chi connectivity index (χ1n) is 9.56. The van der Waals surface area contributed by atoms with Crippen LogP contribution in [0.25, 0.3) is 0 Å². The minimum absolute atomic E-state index is 0.0701. The number of hydrogen-bond donors (Lipinski definition) is 3.